The maximum atomic E-state index is 13.2. The molecule has 1 amide bonds. The maximum absolute atomic E-state index is 13.2. The first-order valence-corrected chi connectivity index (χ1v) is 10.0. The largest absolute Gasteiger partial charge is 0.271 e. The van der Waals surface area contributed by atoms with Gasteiger partial charge in [-0.1, -0.05) is 48.5 Å². The molecule has 5 heteroatoms. The van der Waals surface area contributed by atoms with Crippen LogP contribution in [0, 0.1) is 19.7 Å². The van der Waals surface area contributed by atoms with Crippen LogP contribution in [0.1, 0.15) is 16.7 Å². The first-order valence-electron chi connectivity index (χ1n) is 9.22. The number of hydrogen-bond donors (Lipinski definition) is 0. The fourth-order valence-corrected chi connectivity index (χ4v) is 4.13. The molecule has 3 aromatic rings. The molecule has 0 N–H and O–H groups in total. The van der Waals surface area contributed by atoms with Crippen LogP contribution in [0.4, 0.5) is 15.8 Å². The van der Waals surface area contributed by atoms with Crippen molar-refractivity contribution in [1.82, 2.24) is 0 Å². The molecule has 3 nitrogen and oxygen atoms in total. The van der Waals surface area contributed by atoms with E-state index in [9.17, 15) is 9.18 Å². The van der Waals surface area contributed by atoms with Crippen molar-refractivity contribution in [1.29, 1.82) is 0 Å². The minimum atomic E-state index is -0.305. The highest BCUT2D eigenvalue weighted by atomic mass is 32.2. The van der Waals surface area contributed by atoms with Crippen molar-refractivity contribution in [3.05, 3.63) is 100 Å². The fraction of sp³-hybridized carbons (Fsp3) is 0.0833. The predicted molar refractivity (Wildman–Crippen MR) is 119 cm³/mol. The fourth-order valence-electron chi connectivity index (χ4n) is 3.14. The van der Waals surface area contributed by atoms with Gasteiger partial charge < -0.3 is 0 Å². The topological polar surface area (TPSA) is 32.7 Å². The Morgan fingerprint density at radius 3 is 2.21 bits per heavy atom. The number of benzene rings is 3. The van der Waals surface area contributed by atoms with Gasteiger partial charge in [0.1, 0.15) is 5.82 Å². The Balaban J connectivity index is 1.81. The number of para-hydroxylation sites is 2. The molecule has 1 fully saturated rings. The lowest BCUT2D eigenvalue weighted by Crippen LogP contribution is -2.28. The van der Waals surface area contributed by atoms with Crippen molar-refractivity contribution < 1.29 is 9.18 Å². The van der Waals surface area contributed by atoms with Gasteiger partial charge in [0.05, 0.1) is 16.3 Å². The van der Waals surface area contributed by atoms with Gasteiger partial charge in [0.25, 0.3) is 5.91 Å². The van der Waals surface area contributed by atoms with Crippen LogP contribution in [0.3, 0.4) is 0 Å². The average molecular weight is 402 g/mol. The van der Waals surface area contributed by atoms with Gasteiger partial charge >= 0.3 is 0 Å². The van der Waals surface area contributed by atoms with Crippen molar-refractivity contribution >= 4 is 40.3 Å². The SMILES string of the molecule is Cc1cccc(C)c1N=C1S/C(=C\c2ccc(F)cc2)C(=O)N1c1ccccc1. The van der Waals surface area contributed by atoms with E-state index in [1.807, 2.05) is 62.4 Å². The third kappa shape index (κ3) is 4.00. The number of halogens is 1. The summed E-state index contributed by atoms with van der Waals surface area (Å²) in [6, 6.07) is 21.6. The Labute approximate surface area is 173 Å². The zero-order valence-electron chi connectivity index (χ0n) is 16.1. The molecule has 0 atom stereocenters. The van der Waals surface area contributed by atoms with Crippen molar-refractivity contribution in [3.8, 4) is 0 Å². The Morgan fingerprint density at radius 2 is 1.55 bits per heavy atom. The smallest absolute Gasteiger partial charge is 0.268 e. The minimum Gasteiger partial charge on any atom is -0.268 e. The molecule has 0 radical (unpaired) electrons. The molecule has 1 aliphatic rings. The summed E-state index contributed by atoms with van der Waals surface area (Å²) in [5.74, 6) is -0.448. The third-order valence-corrected chi connectivity index (χ3v) is 5.60. The van der Waals surface area contributed by atoms with E-state index in [4.69, 9.17) is 4.99 Å². The van der Waals surface area contributed by atoms with E-state index < -0.39 is 0 Å². The summed E-state index contributed by atoms with van der Waals surface area (Å²) in [4.78, 5) is 20.3. The van der Waals surface area contributed by atoms with Crippen molar-refractivity contribution in [2.45, 2.75) is 13.8 Å². The molecule has 144 valence electrons. The molecule has 3 aromatic carbocycles. The van der Waals surface area contributed by atoms with Crippen molar-refractivity contribution in [2.24, 2.45) is 4.99 Å². The summed E-state index contributed by atoms with van der Waals surface area (Å²) in [7, 11) is 0. The van der Waals surface area contributed by atoms with E-state index in [0.29, 0.717) is 10.1 Å². The third-order valence-electron chi connectivity index (χ3n) is 4.64. The average Bonchev–Trinajstić information content (AvgIpc) is 3.02. The van der Waals surface area contributed by atoms with E-state index >= 15 is 0 Å². The quantitative estimate of drug-likeness (QED) is 0.485. The summed E-state index contributed by atoms with van der Waals surface area (Å²) < 4.78 is 13.2. The second-order valence-corrected chi connectivity index (χ2v) is 7.78. The molecule has 0 aromatic heterocycles. The van der Waals surface area contributed by atoms with Crippen LogP contribution in [0.25, 0.3) is 6.08 Å². The number of anilines is 1. The molecule has 1 heterocycles. The summed E-state index contributed by atoms with van der Waals surface area (Å²) in [6.45, 7) is 4.02. The Morgan fingerprint density at radius 1 is 0.897 bits per heavy atom. The number of aryl methyl sites for hydroxylation is 2. The van der Waals surface area contributed by atoms with Gasteiger partial charge in [-0.05, 0) is 72.6 Å². The molecular formula is C24H19FN2OS. The molecule has 0 spiro atoms. The number of carbonyl (C=O) groups is 1. The molecular weight excluding hydrogens is 383 g/mol. The highest BCUT2D eigenvalue weighted by Crippen LogP contribution is 2.38. The normalized spacial score (nSPS) is 16.8. The van der Waals surface area contributed by atoms with Gasteiger partial charge in [0.15, 0.2) is 5.17 Å². The van der Waals surface area contributed by atoms with E-state index in [1.165, 1.54) is 23.9 Å². The zero-order chi connectivity index (χ0) is 20.4. The number of nitrogens with zero attached hydrogens (tertiary/aromatic N) is 2. The number of thioether (sulfide) groups is 1. The summed E-state index contributed by atoms with van der Waals surface area (Å²) in [5.41, 5.74) is 4.50. The molecule has 4 rings (SSSR count). The van der Waals surface area contributed by atoms with Crippen LogP contribution >= 0.6 is 11.8 Å². The van der Waals surface area contributed by atoms with Gasteiger partial charge in [-0.25, -0.2) is 9.38 Å². The van der Waals surface area contributed by atoms with Gasteiger partial charge in [-0.2, -0.15) is 0 Å². The van der Waals surface area contributed by atoms with Gasteiger partial charge in [0.2, 0.25) is 0 Å². The zero-order valence-corrected chi connectivity index (χ0v) is 16.9. The molecule has 0 saturated carbocycles. The van der Waals surface area contributed by atoms with Gasteiger partial charge in [-0.3, -0.25) is 9.69 Å². The second-order valence-electron chi connectivity index (χ2n) is 6.77. The monoisotopic (exact) mass is 402 g/mol. The lowest BCUT2D eigenvalue weighted by molar-refractivity contribution is -0.113. The molecule has 0 bridgehead atoms. The summed E-state index contributed by atoms with van der Waals surface area (Å²) in [6.07, 6.45) is 1.77. The van der Waals surface area contributed by atoms with Crippen LogP contribution in [0.2, 0.25) is 0 Å². The van der Waals surface area contributed by atoms with E-state index in [1.54, 1.807) is 23.1 Å². The highest BCUT2D eigenvalue weighted by Gasteiger charge is 2.34. The van der Waals surface area contributed by atoms with Gasteiger partial charge in [-0.15, -0.1) is 0 Å². The predicted octanol–water partition coefficient (Wildman–Crippen LogP) is 6.25. The number of hydrogen-bond acceptors (Lipinski definition) is 3. The number of carbonyl (C=O) groups excluding carboxylic acids is 1. The molecule has 0 unspecified atom stereocenters. The number of rotatable bonds is 3. The van der Waals surface area contributed by atoms with E-state index in [-0.39, 0.29) is 11.7 Å². The standard InChI is InChI=1S/C24H19FN2OS/c1-16-7-6-8-17(2)22(16)26-24-27(20-9-4-3-5-10-20)23(28)21(29-24)15-18-11-13-19(25)14-12-18/h3-15H,1-2H3/b21-15-,26-24?. The molecule has 0 aliphatic carbocycles. The van der Waals surface area contributed by atoms with Crippen LogP contribution in [-0.4, -0.2) is 11.1 Å². The van der Waals surface area contributed by atoms with Crippen molar-refractivity contribution in [3.63, 3.8) is 0 Å². The number of amides is 1. The summed E-state index contributed by atoms with van der Waals surface area (Å²) in [5, 5.41) is 0.604. The van der Waals surface area contributed by atoms with E-state index in [2.05, 4.69) is 0 Å². The van der Waals surface area contributed by atoms with Crippen molar-refractivity contribution in [2.75, 3.05) is 4.90 Å². The molecule has 29 heavy (non-hydrogen) atoms. The lowest BCUT2D eigenvalue weighted by Gasteiger charge is -2.16. The summed E-state index contributed by atoms with van der Waals surface area (Å²) >= 11 is 1.33. The van der Waals surface area contributed by atoms with E-state index in [0.717, 1.165) is 28.1 Å². The van der Waals surface area contributed by atoms with Crippen LogP contribution in [0.15, 0.2) is 82.7 Å². The highest BCUT2D eigenvalue weighted by molar-refractivity contribution is 8.19. The second kappa shape index (κ2) is 8.05. The Hall–Kier alpha value is -3.18. The Bertz CT molecular complexity index is 1100. The van der Waals surface area contributed by atoms with Gasteiger partial charge in [0, 0.05) is 0 Å². The first kappa shape index (κ1) is 19.2. The molecule has 1 aliphatic heterocycles. The maximum Gasteiger partial charge on any atom is 0.271 e. The van der Waals surface area contributed by atoms with Crippen LogP contribution < -0.4 is 4.90 Å². The molecule has 1 saturated heterocycles. The number of aliphatic imine (C=N–C) groups is 1. The lowest BCUT2D eigenvalue weighted by atomic mass is 10.1. The van der Waals surface area contributed by atoms with Crippen LogP contribution in [-0.2, 0) is 4.79 Å². The first-order chi connectivity index (χ1) is 14.0. The van der Waals surface area contributed by atoms with Crippen LogP contribution in [0.5, 0.6) is 0 Å². The Kier molecular flexibility index (Phi) is 5.32. The minimum absolute atomic E-state index is 0.143. The number of amidine groups is 1.